The maximum Gasteiger partial charge on any atom is 0.408 e. The Morgan fingerprint density at radius 2 is 1.80 bits per heavy atom. The van der Waals surface area contributed by atoms with Crippen LogP contribution < -0.4 is 10.6 Å². The molecule has 0 heterocycles. The summed E-state index contributed by atoms with van der Waals surface area (Å²) >= 11 is 8.01. The van der Waals surface area contributed by atoms with E-state index in [0.717, 1.165) is 18.4 Å². The Morgan fingerprint density at radius 1 is 1.12 bits per heavy atom. The number of nitrogens with one attached hydrogen (secondary N) is 2. The van der Waals surface area contributed by atoms with Crippen LogP contribution in [0.25, 0.3) is 0 Å². The van der Waals surface area contributed by atoms with Gasteiger partial charge < -0.3 is 20.3 Å². The molecule has 41 heavy (non-hydrogen) atoms. The van der Waals surface area contributed by atoms with Crippen LogP contribution in [0.1, 0.15) is 76.1 Å². The Bertz CT molecular complexity index is 1200. The highest BCUT2D eigenvalue weighted by atomic mass is 35.5. The minimum Gasteiger partial charge on any atom is -0.444 e. The van der Waals surface area contributed by atoms with E-state index in [1.165, 1.54) is 0 Å². The molecule has 0 fully saturated rings. The average Bonchev–Trinajstić information content (AvgIpc) is 2.91. The highest BCUT2D eigenvalue weighted by Gasteiger charge is 2.36. The Labute approximate surface area is 254 Å². The highest BCUT2D eigenvalue weighted by Crippen LogP contribution is 2.30. The normalized spacial score (nSPS) is 12.5. The van der Waals surface area contributed by atoms with Gasteiger partial charge in [0.05, 0.1) is 10.7 Å². The Morgan fingerprint density at radius 3 is 2.37 bits per heavy atom. The minimum absolute atomic E-state index is 0.314. The third-order valence-corrected chi connectivity index (χ3v) is 7.27. The number of benzene rings is 2. The second-order valence-corrected chi connectivity index (χ2v) is 12.2. The van der Waals surface area contributed by atoms with Crippen molar-refractivity contribution in [3.05, 3.63) is 64.2 Å². The molecule has 0 radical (unpaired) electrons. The lowest BCUT2D eigenvalue weighted by molar-refractivity contribution is -0.141. The zero-order chi connectivity index (χ0) is 30.6. The number of alkyl carbamates (subject to hydrolysis) is 1. The largest absolute Gasteiger partial charge is 0.444 e. The summed E-state index contributed by atoms with van der Waals surface area (Å²) in [6, 6.07) is 10.5. The molecule has 0 aliphatic rings. The summed E-state index contributed by atoms with van der Waals surface area (Å²) in [5, 5.41) is 6.13. The molecule has 0 aliphatic carbocycles. The lowest BCUT2D eigenvalue weighted by Crippen LogP contribution is -2.52. The van der Waals surface area contributed by atoms with Crippen molar-refractivity contribution in [2.75, 3.05) is 23.9 Å². The number of terminal acetylenes is 1. The standard InChI is InChI=1S/C32H42ClN3O4S/c1-8-10-11-20-36(30(38)26(19-21-41-7)34-31(39)40-32(4,5)6)28(24-17-15-23(9-2)16-18-24)29(37)35-27-22(3)13-12-14-25(27)33/h2,12-18,26,28H,8,10-11,19-21H2,1,3-7H3,(H,34,39)(H,35,37). The molecule has 9 heteroatoms. The first kappa shape index (κ1) is 34.1. The topological polar surface area (TPSA) is 87.7 Å². The first-order chi connectivity index (χ1) is 19.4. The van der Waals surface area contributed by atoms with E-state index < -0.39 is 29.7 Å². The molecule has 2 atom stereocenters. The number of rotatable bonds is 13. The molecule has 2 aromatic rings. The van der Waals surface area contributed by atoms with Crippen molar-refractivity contribution < 1.29 is 19.1 Å². The summed E-state index contributed by atoms with van der Waals surface area (Å²) in [5.74, 6) is 2.44. The van der Waals surface area contributed by atoms with Crippen LogP contribution >= 0.6 is 23.4 Å². The number of hydrogen-bond acceptors (Lipinski definition) is 5. The third-order valence-electron chi connectivity index (χ3n) is 6.31. The summed E-state index contributed by atoms with van der Waals surface area (Å²) < 4.78 is 5.46. The summed E-state index contributed by atoms with van der Waals surface area (Å²) in [5.41, 5.74) is 1.79. The third kappa shape index (κ3) is 10.6. The van der Waals surface area contributed by atoms with Crippen molar-refractivity contribution in [3.8, 4) is 12.3 Å². The minimum atomic E-state index is -1.00. The van der Waals surface area contributed by atoms with Gasteiger partial charge in [0.1, 0.15) is 17.7 Å². The number of carbonyl (C=O) groups is 3. The number of hydrogen-bond donors (Lipinski definition) is 2. The fourth-order valence-electron chi connectivity index (χ4n) is 4.26. The van der Waals surface area contributed by atoms with Crippen LogP contribution in [0.3, 0.4) is 0 Å². The van der Waals surface area contributed by atoms with Crippen LogP contribution in [0.5, 0.6) is 0 Å². The van der Waals surface area contributed by atoms with Crippen molar-refractivity contribution in [2.45, 2.75) is 78.0 Å². The molecule has 2 unspecified atom stereocenters. The molecule has 7 nitrogen and oxygen atoms in total. The van der Waals surface area contributed by atoms with Crippen LogP contribution in [0.4, 0.5) is 10.5 Å². The number of unbranched alkanes of at least 4 members (excludes halogenated alkanes) is 2. The molecule has 0 saturated heterocycles. The first-order valence-electron chi connectivity index (χ1n) is 13.8. The molecule has 0 spiro atoms. The van der Waals surface area contributed by atoms with Crippen molar-refractivity contribution in [1.82, 2.24) is 10.2 Å². The smallest absolute Gasteiger partial charge is 0.408 e. The van der Waals surface area contributed by atoms with Crippen LogP contribution in [-0.4, -0.2) is 53.0 Å². The Kier molecular flexibility index (Phi) is 13.6. The highest BCUT2D eigenvalue weighted by molar-refractivity contribution is 7.98. The average molecular weight is 600 g/mol. The zero-order valence-electron chi connectivity index (χ0n) is 24.9. The van der Waals surface area contributed by atoms with Crippen molar-refractivity contribution in [2.24, 2.45) is 0 Å². The molecule has 0 bridgehead atoms. The van der Waals surface area contributed by atoms with Gasteiger partial charge >= 0.3 is 6.09 Å². The molecule has 0 aromatic heterocycles. The van der Waals surface area contributed by atoms with Crippen LogP contribution in [-0.2, 0) is 14.3 Å². The van der Waals surface area contributed by atoms with E-state index in [-0.39, 0.29) is 5.91 Å². The predicted octanol–water partition coefficient (Wildman–Crippen LogP) is 6.97. The van der Waals surface area contributed by atoms with Crippen LogP contribution in [0.2, 0.25) is 5.02 Å². The summed E-state index contributed by atoms with van der Waals surface area (Å²) in [4.78, 5) is 42.7. The maximum absolute atomic E-state index is 14.3. The molecule has 3 amide bonds. The van der Waals surface area contributed by atoms with Gasteiger partial charge in [0.25, 0.3) is 5.91 Å². The van der Waals surface area contributed by atoms with Gasteiger partial charge in [-0.1, -0.05) is 61.6 Å². The quantitative estimate of drug-likeness (QED) is 0.192. The SMILES string of the molecule is C#Cc1ccc(C(C(=O)Nc2c(C)cccc2Cl)N(CCCCC)C(=O)C(CCSC)NC(=O)OC(C)(C)C)cc1. The van der Waals surface area contributed by atoms with Crippen LogP contribution in [0.15, 0.2) is 42.5 Å². The summed E-state index contributed by atoms with van der Waals surface area (Å²) in [6.45, 7) is 9.53. The fourth-order valence-corrected chi connectivity index (χ4v) is 5.00. The van der Waals surface area contributed by atoms with Crippen molar-refractivity contribution in [3.63, 3.8) is 0 Å². The molecule has 0 aliphatic heterocycles. The number of halogens is 1. The number of amides is 3. The molecule has 2 aromatic carbocycles. The molecule has 2 rings (SSSR count). The van der Waals surface area contributed by atoms with Gasteiger partial charge in [-0.3, -0.25) is 9.59 Å². The van der Waals surface area contributed by atoms with E-state index >= 15 is 0 Å². The van der Waals surface area contributed by atoms with E-state index in [4.69, 9.17) is 22.8 Å². The van der Waals surface area contributed by atoms with Gasteiger partial charge in [-0.15, -0.1) is 6.42 Å². The van der Waals surface area contributed by atoms with Gasteiger partial charge in [0.2, 0.25) is 5.91 Å². The van der Waals surface area contributed by atoms with E-state index in [1.54, 1.807) is 67.8 Å². The summed E-state index contributed by atoms with van der Waals surface area (Å²) in [6.07, 6.45) is 9.68. The monoisotopic (exact) mass is 599 g/mol. The summed E-state index contributed by atoms with van der Waals surface area (Å²) in [7, 11) is 0. The number of carbonyl (C=O) groups excluding carboxylic acids is 3. The van der Waals surface area contributed by atoms with E-state index in [2.05, 4.69) is 23.5 Å². The number of para-hydroxylation sites is 1. The number of anilines is 1. The van der Waals surface area contributed by atoms with Gasteiger partial charge in [-0.25, -0.2) is 4.79 Å². The van der Waals surface area contributed by atoms with Crippen molar-refractivity contribution >= 4 is 47.0 Å². The Hall–Kier alpha value is -3.15. The van der Waals surface area contributed by atoms with E-state index in [1.807, 2.05) is 25.3 Å². The number of thioether (sulfide) groups is 1. The predicted molar refractivity (Wildman–Crippen MR) is 169 cm³/mol. The number of ether oxygens (including phenoxy) is 1. The van der Waals surface area contributed by atoms with Crippen LogP contribution in [0, 0.1) is 19.3 Å². The lowest BCUT2D eigenvalue weighted by Gasteiger charge is -2.35. The molecule has 2 N–H and O–H groups in total. The molecular formula is C32H42ClN3O4S. The molecule has 0 saturated carbocycles. The maximum atomic E-state index is 14.3. The van der Waals surface area contributed by atoms with Gasteiger partial charge in [-0.2, -0.15) is 11.8 Å². The van der Waals surface area contributed by atoms with E-state index in [0.29, 0.717) is 47.0 Å². The lowest BCUT2D eigenvalue weighted by atomic mass is 10.00. The second kappa shape index (κ2) is 16.3. The van der Waals surface area contributed by atoms with Gasteiger partial charge in [0, 0.05) is 12.1 Å². The van der Waals surface area contributed by atoms with Gasteiger partial charge in [-0.05, 0) is 81.9 Å². The van der Waals surface area contributed by atoms with Crippen molar-refractivity contribution in [1.29, 1.82) is 0 Å². The fraction of sp³-hybridized carbons (Fsp3) is 0.469. The molecular weight excluding hydrogens is 558 g/mol. The van der Waals surface area contributed by atoms with E-state index in [9.17, 15) is 14.4 Å². The molecule has 222 valence electrons. The number of nitrogens with zero attached hydrogens (tertiary/aromatic N) is 1. The van der Waals surface area contributed by atoms with Gasteiger partial charge in [0.15, 0.2) is 0 Å². The zero-order valence-corrected chi connectivity index (χ0v) is 26.5. The second-order valence-electron chi connectivity index (χ2n) is 10.8. The Balaban J connectivity index is 2.58. The first-order valence-corrected chi connectivity index (χ1v) is 15.6. The number of aryl methyl sites for hydroxylation is 1.